The number of rotatable bonds is 5. The van der Waals surface area contributed by atoms with Crippen LogP contribution in [0.15, 0.2) is 18.2 Å². The maximum absolute atomic E-state index is 11.1. The third kappa shape index (κ3) is 5.05. The number of nitrogens with one attached hydrogen (secondary N) is 1. The lowest BCUT2D eigenvalue weighted by Gasteiger charge is -2.12. The number of methoxy groups -OCH3 is 1. The second-order valence-corrected chi connectivity index (χ2v) is 7.12. The van der Waals surface area contributed by atoms with Gasteiger partial charge in [0.15, 0.2) is 0 Å². The summed E-state index contributed by atoms with van der Waals surface area (Å²) in [7, 11) is -6.33. The summed E-state index contributed by atoms with van der Waals surface area (Å²) in [5, 5.41) is 0. The van der Waals surface area contributed by atoms with Gasteiger partial charge >= 0.3 is 7.60 Å². The molecule has 0 amide bonds. The molecule has 0 aliphatic carbocycles. The van der Waals surface area contributed by atoms with Crippen LogP contribution < -0.4 is 9.46 Å². The van der Waals surface area contributed by atoms with Gasteiger partial charge in [0, 0.05) is 11.3 Å². The van der Waals surface area contributed by atoms with Crippen molar-refractivity contribution >= 4 is 23.3 Å². The van der Waals surface area contributed by atoms with E-state index in [0.717, 1.165) is 6.26 Å². The summed E-state index contributed by atoms with van der Waals surface area (Å²) < 4.78 is 40.3. The molecule has 0 atom stereocenters. The minimum Gasteiger partial charge on any atom is -0.496 e. The zero-order chi connectivity index (χ0) is 14.0. The number of sulfonamides is 1. The topological polar surface area (TPSA) is 113 Å². The molecule has 1 aromatic rings. The average molecular weight is 295 g/mol. The Morgan fingerprint density at radius 3 is 2.44 bits per heavy atom. The fourth-order valence-corrected chi connectivity index (χ4v) is 2.65. The van der Waals surface area contributed by atoms with Crippen molar-refractivity contribution in [1.29, 1.82) is 0 Å². The quantitative estimate of drug-likeness (QED) is 0.691. The molecule has 18 heavy (non-hydrogen) atoms. The first-order valence-electron chi connectivity index (χ1n) is 4.80. The molecule has 0 aromatic heterocycles. The van der Waals surface area contributed by atoms with Crippen LogP contribution in [-0.2, 0) is 20.8 Å². The van der Waals surface area contributed by atoms with Crippen molar-refractivity contribution in [3.63, 3.8) is 0 Å². The van der Waals surface area contributed by atoms with Gasteiger partial charge in [-0.3, -0.25) is 9.29 Å². The van der Waals surface area contributed by atoms with Crippen LogP contribution >= 0.6 is 7.60 Å². The van der Waals surface area contributed by atoms with Gasteiger partial charge in [0.2, 0.25) is 10.0 Å². The molecule has 0 unspecified atom stereocenters. The molecule has 102 valence electrons. The summed E-state index contributed by atoms with van der Waals surface area (Å²) in [6, 6.07) is 4.22. The van der Waals surface area contributed by atoms with Crippen molar-refractivity contribution < 1.29 is 27.5 Å². The Morgan fingerprint density at radius 1 is 1.39 bits per heavy atom. The summed E-state index contributed by atoms with van der Waals surface area (Å²) in [5.74, 6) is 0.289. The lowest BCUT2D eigenvalue weighted by molar-refractivity contribution is 0.368. The Hall–Kier alpha value is -1.08. The highest BCUT2D eigenvalue weighted by Crippen LogP contribution is 2.42. The number of benzene rings is 1. The highest BCUT2D eigenvalue weighted by Gasteiger charge is 2.18. The highest BCUT2D eigenvalue weighted by molar-refractivity contribution is 7.92. The van der Waals surface area contributed by atoms with E-state index in [4.69, 9.17) is 14.5 Å². The maximum Gasteiger partial charge on any atom is 0.330 e. The van der Waals surface area contributed by atoms with Gasteiger partial charge in [0.25, 0.3) is 0 Å². The second kappa shape index (κ2) is 5.27. The summed E-state index contributed by atoms with van der Waals surface area (Å²) >= 11 is 0. The molecule has 0 saturated heterocycles. The predicted octanol–water partition coefficient (Wildman–Crippen LogP) is 0.744. The van der Waals surface area contributed by atoms with E-state index in [1.165, 1.54) is 25.3 Å². The van der Waals surface area contributed by atoms with Crippen molar-refractivity contribution in [1.82, 2.24) is 0 Å². The zero-order valence-corrected chi connectivity index (χ0v) is 11.5. The van der Waals surface area contributed by atoms with Gasteiger partial charge in [0.1, 0.15) is 5.75 Å². The van der Waals surface area contributed by atoms with Gasteiger partial charge in [-0.2, -0.15) is 0 Å². The normalized spacial score (nSPS) is 12.2. The van der Waals surface area contributed by atoms with Gasteiger partial charge < -0.3 is 14.5 Å². The van der Waals surface area contributed by atoms with Crippen molar-refractivity contribution in [2.75, 3.05) is 18.1 Å². The van der Waals surface area contributed by atoms with Crippen molar-refractivity contribution in [3.05, 3.63) is 23.8 Å². The van der Waals surface area contributed by atoms with Crippen LogP contribution in [0.3, 0.4) is 0 Å². The first-order valence-corrected chi connectivity index (χ1v) is 8.49. The minimum absolute atomic E-state index is 0.224. The third-order valence-corrected chi connectivity index (χ3v) is 3.32. The van der Waals surface area contributed by atoms with Crippen LogP contribution in [-0.4, -0.2) is 31.6 Å². The lowest BCUT2D eigenvalue weighted by atomic mass is 10.2. The molecular formula is C9H14NO6PS. The van der Waals surface area contributed by atoms with Crippen LogP contribution in [0, 0.1) is 0 Å². The number of hydrogen-bond acceptors (Lipinski definition) is 4. The molecule has 3 N–H and O–H groups in total. The van der Waals surface area contributed by atoms with Crippen LogP contribution in [0.4, 0.5) is 5.69 Å². The zero-order valence-electron chi connectivity index (χ0n) is 9.82. The fourth-order valence-electron chi connectivity index (χ4n) is 1.40. The third-order valence-electron chi connectivity index (χ3n) is 1.96. The first-order chi connectivity index (χ1) is 8.11. The standard InChI is InChI=1S/C9H14NO6PS/c1-16-9-4-3-8(10-18(2,14)15)5-7(9)6-17(11,12)13/h3-5,10H,6H2,1-2H3,(H2,11,12,13). The molecule has 0 aliphatic rings. The summed E-state index contributed by atoms with van der Waals surface area (Å²) in [6.07, 6.45) is 0.468. The Kier molecular flexibility index (Phi) is 4.39. The van der Waals surface area contributed by atoms with Crippen LogP contribution in [0.25, 0.3) is 0 Å². The average Bonchev–Trinajstić information content (AvgIpc) is 2.12. The molecule has 0 spiro atoms. The Labute approximate surface area is 105 Å². The van der Waals surface area contributed by atoms with Gasteiger partial charge in [-0.25, -0.2) is 8.42 Å². The van der Waals surface area contributed by atoms with E-state index in [1.807, 2.05) is 0 Å². The Morgan fingerprint density at radius 2 is 2.00 bits per heavy atom. The largest absolute Gasteiger partial charge is 0.496 e. The number of hydrogen-bond donors (Lipinski definition) is 3. The molecular weight excluding hydrogens is 281 g/mol. The molecule has 7 nitrogen and oxygen atoms in total. The van der Waals surface area contributed by atoms with Crippen LogP contribution in [0.1, 0.15) is 5.56 Å². The predicted molar refractivity (Wildman–Crippen MR) is 67.2 cm³/mol. The summed E-state index contributed by atoms with van der Waals surface area (Å²) in [6.45, 7) is 0. The van der Waals surface area contributed by atoms with E-state index >= 15 is 0 Å². The Bertz CT molecular complexity index is 579. The van der Waals surface area contributed by atoms with Gasteiger partial charge in [-0.05, 0) is 18.2 Å². The molecule has 0 bridgehead atoms. The van der Waals surface area contributed by atoms with Gasteiger partial charge in [0.05, 0.1) is 19.5 Å². The first kappa shape index (κ1) is 15.0. The van der Waals surface area contributed by atoms with E-state index in [2.05, 4.69) is 4.72 Å². The smallest absolute Gasteiger partial charge is 0.330 e. The molecule has 1 aromatic carbocycles. The number of anilines is 1. The molecule has 1 rings (SSSR count). The molecule has 0 saturated carbocycles. The minimum atomic E-state index is -4.26. The van der Waals surface area contributed by atoms with Crippen molar-refractivity contribution in [3.8, 4) is 5.75 Å². The van der Waals surface area contributed by atoms with E-state index < -0.39 is 23.8 Å². The van der Waals surface area contributed by atoms with E-state index in [1.54, 1.807) is 0 Å². The van der Waals surface area contributed by atoms with Gasteiger partial charge in [-0.1, -0.05) is 0 Å². The molecule has 9 heteroatoms. The second-order valence-electron chi connectivity index (χ2n) is 3.72. The maximum atomic E-state index is 11.1. The molecule has 0 heterocycles. The molecule has 0 radical (unpaired) electrons. The van der Waals surface area contributed by atoms with E-state index in [0.29, 0.717) is 0 Å². The number of ether oxygens (including phenoxy) is 1. The lowest BCUT2D eigenvalue weighted by Crippen LogP contribution is -2.09. The summed E-state index contributed by atoms with van der Waals surface area (Å²) in [4.78, 5) is 17.9. The van der Waals surface area contributed by atoms with Crippen LogP contribution in [0.2, 0.25) is 0 Å². The van der Waals surface area contributed by atoms with Gasteiger partial charge in [-0.15, -0.1) is 0 Å². The Balaban J connectivity index is 3.13. The van der Waals surface area contributed by atoms with E-state index in [9.17, 15) is 13.0 Å². The van der Waals surface area contributed by atoms with Crippen LogP contribution in [0.5, 0.6) is 5.75 Å². The summed E-state index contributed by atoms with van der Waals surface area (Å²) in [5.41, 5.74) is 0.459. The van der Waals surface area contributed by atoms with E-state index in [-0.39, 0.29) is 17.0 Å². The van der Waals surface area contributed by atoms with Crippen molar-refractivity contribution in [2.45, 2.75) is 6.16 Å². The monoisotopic (exact) mass is 295 g/mol. The fraction of sp³-hybridized carbons (Fsp3) is 0.333. The molecule has 0 aliphatic heterocycles. The highest BCUT2D eigenvalue weighted by atomic mass is 32.2. The van der Waals surface area contributed by atoms with Crippen molar-refractivity contribution in [2.24, 2.45) is 0 Å². The SMILES string of the molecule is COc1ccc(NS(C)(=O)=O)cc1CP(=O)(O)O. The molecule has 0 fully saturated rings.